The highest BCUT2D eigenvalue weighted by atomic mass is 127. The molecule has 7 heteroatoms. The molecule has 0 aromatic heterocycles. The van der Waals surface area contributed by atoms with Crippen molar-refractivity contribution in [2.24, 2.45) is 5.92 Å². The summed E-state index contributed by atoms with van der Waals surface area (Å²) in [4.78, 5) is 37.5. The summed E-state index contributed by atoms with van der Waals surface area (Å²) < 4.78 is 1.10. The summed E-state index contributed by atoms with van der Waals surface area (Å²) in [5, 5.41) is 19.9. The Balaban J connectivity index is 1.60. The van der Waals surface area contributed by atoms with Gasteiger partial charge < -0.3 is 10.2 Å². The largest absolute Gasteiger partial charge is 0.481 e. The van der Waals surface area contributed by atoms with Gasteiger partial charge in [0, 0.05) is 10.1 Å². The lowest BCUT2D eigenvalue weighted by molar-refractivity contribution is -0.146. The van der Waals surface area contributed by atoms with E-state index in [-0.39, 0.29) is 13.0 Å². The first kappa shape index (κ1) is 20.5. The number of carbonyl (C=O) groups excluding carboxylic acids is 2. The lowest BCUT2D eigenvalue weighted by Crippen LogP contribution is -2.36. The molecular formula is C21H20INO5. The van der Waals surface area contributed by atoms with E-state index < -0.39 is 29.8 Å². The number of benzene rings is 2. The molecule has 1 heterocycles. The highest BCUT2D eigenvalue weighted by Crippen LogP contribution is 2.24. The van der Waals surface area contributed by atoms with Gasteiger partial charge in [0.1, 0.15) is 0 Å². The second-order valence-corrected chi connectivity index (χ2v) is 8.02. The van der Waals surface area contributed by atoms with Gasteiger partial charge in [-0.2, -0.15) is 0 Å². The molecule has 1 aliphatic rings. The second-order valence-electron chi connectivity index (χ2n) is 6.77. The van der Waals surface area contributed by atoms with Gasteiger partial charge in [0.2, 0.25) is 0 Å². The van der Waals surface area contributed by atoms with Crippen molar-refractivity contribution >= 4 is 40.4 Å². The fourth-order valence-electron chi connectivity index (χ4n) is 3.36. The Morgan fingerprint density at radius 2 is 1.54 bits per heavy atom. The number of aliphatic hydroxyl groups is 1. The molecule has 0 spiro atoms. The summed E-state index contributed by atoms with van der Waals surface area (Å²) >= 11 is 2.20. The minimum absolute atomic E-state index is 0.00859. The number of fused-ring (bicyclic) bond motifs is 1. The SMILES string of the molecule is O=C(O)C(CCN1C(=O)c2ccccc2C1=O)C(O)CCc1ccc(I)cc1. The number of hydrogen-bond donors (Lipinski definition) is 2. The minimum Gasteiger partial charge on any atom is -0.481 e. The Bertz CT molecular complexity index is 861. The topological polar surface area (TPSA) is 94.9 Å². The van der Waals surface area contributed by atoms with Crippen molar-refractivity contribution in [2.45, 2.75) is 25.4 Å². The van der Waals surface area contributed by atoms with Crippen LogP contribution in [-0.2, 0) is 11.2 Å². The molecule has 0 fully saturated rings. The Morgan fingerprint density at radius 1 is 0.964 bits per heavy atom. The zero-order valence-corrected chi connectivity index (χ0v) is 17.2. The number of carboxylic acids is 1. The number of aryl methyl sites for hydroxylation is 1. The molecular weight excluding hydrogens is 473 g/mol. The number of aliphatic carboxylic acids is 1. The van der Waals surface area contributed by atoms with Crippen molar-refractivity contribution < 1.29 is 24.6 Å². The van der Waals surface area contributed by atoms with Gasteiger partial charge in [0.05, 0.1) is 23.1 Å². The van der Waals surface area contributed by atoms with Crippen LogP contribution in [0.25, 0.3) is 0 Å². The standard InChI is InChI=1S/C21H20INO5/c22-14-8-5-13(6-9-14)7-10-18(24)17(21(27)28)11-12-23-19(25)15-3-1-2-4-16(15)20(23)26/h1-6,8-9,17-18,24H,7,10-12H2,(H,27,28). The lowest BCUT2D eigenvalue weighted by atomic mass is 9.93. The summed E-state index contributed by atoms with van der Waals surface area (Å²) in [6.45, 7) is -0.0378. The first-order chi connectivity index (χ1) is 13.4. The molecule has 0 aliphatic carbocycles. The van der Waals surface area contributed by atoms with E-state index in [0.29, 0.717) is 24.0 Å². The van der Waals surface area contributed by atoms with Crippen LogP contribution in [-0.4, -0.2) is 45.5 Å². The average molecular weight is 493 g/mol. The molecule has 146 valence electrons. The Labute approximate surface area is 176 Å². The molecule has 2 atom stereocenters. The lowest BCUT2D eigenvalue weighted by Gasteiger charge is -2.22. The predicted octanol–water partition coefficient (Wildman–Crippen LogP) is 2.97. The summed E-state index contributed by atoms with van der Waals surface area (Å²) in [7, 11) is 0. The fraction of sp³-hybridized carbons (Fsp3) is 0.286. The smallest absolute Gasteiger partial charge is 0.309 e. The van der Waals surface area contributed by atoms with Gasteiger partial charge in [0.15, 0.2) is 0 Å². The third-order valence-electron chi connectivity index (χ3n) is 4.97. The predicted molar refractivity (Wildman–Crippen MR) is 111 cm³/mol. The van der Waals surface area contributed by atoms with Gasteiger partial charge in [-0.15, -0.1) is 0 Å². The molecule has 2 aromatic rings. The maximum absolute atomic E-state index is 12.4. The van der Waals surface area contributed by atoms with Gasteiger partial charge in [-0.05, 0) is 71.7 Å². The third kappa shape index (κ3) is 4.41. The molecule has 2 unspecified atom stereocenters. The van der Waals surface area contributed by atoms with Crippen molar-refractivity contribution in [3.63, 3.8) is 0 Å². The zero-order chi connectivity index (χ0) is 20.3. The number of imide groups is 1. The molecule has 2 N–H and O–H groups in total. The van der Waals surface area contributed by atoms with Crippen LogP contribution in [0.4, 0.5) is 0 Å². The van der Waals surface area contributed by atoms with Crippen LogP contribution in [0.2, 0.25) is 0 Å². The van der Waals surface area contributed by atoms with Crippen LogP contribution in [0.1, 0.15) is 39.1 Å². The normalized spacial score (nSPS) is 15.4. The zero-order valence-electron chi connectivity index (χ0n) is 15.0. The van der Waals surface area contributed by atoms with Crippen LogP contribution < -0.4 is 0 Å². The number of rotatable bonds is 8. The van der Waals surface area contributed by atoms with E-state index in [2.05, 4.69) is 22.6 Å². The Morgan fingerprint density at radius 3 is 2.07 bits per heavy atom. The van der Waals surface area contributed by atoms with Crippen molar-refractivity contribution in [3.05, 3.63) is 68.8 Å². The molecule has 0 bridgehead atoms. The number of nitrogens with zero attached hydrogens (tertiary/aromatic N) is 1. The molecule has 3 rings (SSSR count). The number of carbonyl (C=O) groups is 3. The van der Waals surface area contributed by atoms with E-state index in [0.717, 1.165) is 14.0 Å². The first-order valence-electron chi connectivity index (χ1n) is 8.99. The first-order valence-corrected chi connectivity index (χ1v) is 10.1. The molecule has 0 radical (unpaired) electrons. The summed E-state index contributed by atoms with van der Waals surface area (Å²) in [6, 6.07) is 14.3. The van der Waals surface area contributed by atoms with Gasteiger partial charge in [0.25, 0.3) is 11.8 Å². The van der Waals surface area contributed by atoms with Gasteiger partial charge >= 0.3 is 5.97 Å². The number of halogens is 1. The molecule has 2 amide bonds. The molecule has 1 aliphatic heterocycles. The maximum Gasteiger partial charge on any atom is 0.309 e. The van der Waals surface area contributed by atoms with Crippen molar-refractivity contribution in [2.75, 3.05) is 6.54 Å². The molecule has 28 heavy (non-hydrogen) atoms. The van der Waals surface area contributed by atoms with Crippen molar-refractivity contribution in [3.8, 4) is 0 Å². The van der Waals surface area contributed by atoms with Gasteiger partial charge in [-0.1, -0.05) is 24.3 Å². The van der Waals surface area contributed by atoms with E-state index >= 15 is 0 Å². The van der Waals surface area contributed by atoms with E-state index in [1.54, 1.807) is 24.3 Å². The minimum atomic E-state index is -1.13. The second kappa shape index (κ2) is 8.83. The summed E-state index contributed by atoms with van der Waals surface area (Å²) in [5.41, 5.74) is 1.68. The summed E-state index contributed by atoms with van der Waals surface area (Å²) in [5.74, 6) is -3.02. The monoisotopic (exact) mass is 493 g/mol. The van der Waals surface area contributed by atoms with Crippen molar-refractivity contribution in [1.29, 1.82) is 0 Å². The Hall–Kier alpha value is -2.26. The fourth-order valence-corrected chi connectivity index (χ4v) is 3.72. The Kier molecular flexibility index (Phi) is 6.46. The third-order valence-corrected chi connectivity index (χ3v) is 5.68. The average Bonchev–Trinajstić information content (AvgIpc) is 2.92. The van der Waals surface area contributed by atoms with Gasteiger partial charge in [-0.25, -0.2) is 0 Å². The van der Waals surface area contributed by atoms with Gasteiger partial charge in [-0.3, -0.25) is 19.3 Å². The number of amides is 2. The number of carboxylic acid groups (broad SMARTS) is 1. The molecule has 2 aromatic carbocycles. The molecule has 0 saturated heterocycles. The number of aliphatic hydroxyl groups excluding tert-OH is 1. The molecule has 6 nitrogen and oxygen atoms in total. The van der Waals surface area contributed by atoms with Crippen LogP contribution in [0.3, 0.4) is 0 Å². The van der Waals surface area contributed by atoms with Crippen LogP contribution in [0, 0.1) is 9.49 Å². The van der Waals surface area contributed by atoms with E-state index in [1.807, 2.05) is 24.3 Å². The highest BCUT2D eigenvalue weighted by Gasteiger charge is 2.36. The highest BCUT2D eigenvalue weighted by molar-refractivity contribution is 14.1. The van der Waals surface area contributed by atoms with Crippen LogP contribution in [0.15, 0.2) is 48.5 Å². The molecule has 0 saturated carbocycles. The van der Waals surface area contributed by atoms with E-state index in [4.69, 9.17) is 0 Å². The van der Waals surface area contributed by atoms with Crippen LogP contribution in [0.5, 0.6) is 0 Å². The maximum atomic E-state index is 12.4. The van der Waals surface area contributed by atoms with E-state index in [9.17, 15) is 24.6 Å². The van der Waals surface area contributed by atoms with Crippen molar-refractivity contribution in [1.82, 2.24) is 4.90 Å². The summed E-state index contributed by atoms with van der Waals surface area (Å²) in [6.07, 6.45) is -0.213. The van der Waals surface area contributed by atoms with E-state index in [1.165, 1.54) is 0 Å². The number of hydrogen-bond acceptors (Lipinski definition) is 4. The quantitative estimate of drug-likeness (QED) is 0.436. The van der Waals surface area contributed by atoms with Crippen LogP contribution >= 0.6 is 22.6 Å².